The van der Waals surface area contributed by atoms with E-state index in [4.69, 9.17) is 0 Å². The van der Waals surface area contributed by atoms with Gasteiger partial charge in [-0.05, 0) is 29.8 Å². The van der Waals surface area contributed by atoms with E-state index in [0.29, 0.717) is 20.9 Å². The minimum absolute atomic E-state index is 0.0322. The molecular weight excluding hydrogens is 360 g/mol. The van der Waals surface area contributed by atoms with Crippen LogP contribution in [0.15, 0.2) is 48.5 Å². The maximum absolute atomic E-state index is 12.0. The summed E-state index contributed by atoms with van der Waals surface area (Å²) in [7, 11) is 0. The molecule has 0 fully saturated rings. The number of nitro groups is 2. The Balaban J connectivity index is 1.70. The Morgan fingerprint density at radius 2 is 1.69 bits per heavy atom. The maximum Gasteiger partial charge on any atom is 0.270 e. The normalized spacial score (nSPS) is 10.9. The summed E-state index contributed by atoms with van der Waals surface area (Å²) in [4.78, 5) is 36.5. The molecule has 1 heterocycles. The Morgan fingerprint density at radius 3 is 2.35 bits per heavy atom. The summed E-state index contributed by atoms with van der Waals surface area (Å²) >= 11 is 1.13. The van der Waals surface area contributed by atoms with Gasteiger partial charge in [-0.2, -0.15) is 0 Å². The molecular formula is C16H10N4O5S. The Hall–Kier alpha value is -3.66. The summed E-state index contributed by atoms with van der Waals surface area (Å²) in [6.07, 6.45) is 2.78. The molecule has 3 aromatic rings. The van der Waals surface area contributed by atoms with E-state index >= 15 is 0 Å². The molecule has 0 saturated heterocycles. The molecule has 9 nitrogen and oxygen atoms in total. The van der Waals surface area contributed by atoms with Crippen LogP contribution in [-0.2, 0) is 4.79 Å². The van der Waals surface area contributed by atoms with Gasteiger partial charge in [0, 0.05) is 30.3 Å². The number of carbonyl (C=O) groups excluding carboxylic acids is 1. The minimum atomic E-state index is -0.502. The van der Waals surface area contributed by atoms with Crippen LogP contribution >= 0.6 is 11.3 Å². The number of carbonyl (C=O) groups is 1. The van der Waals surface area contributed by atoms with Crippen molar-refractivity contribution in [3.05, 3.63) is 74.3 Å². The van der Waals surface area contributed by atoms with Crippen molar-refractivity contribution in [1.82, 2.24) is 4.98 Å². The first-order valence-corrected chi connectivity index (χ1v) is 8.02. The standard InChI is InChI=1S/C16H10N4O5S/c21-15(8-3-10-1-4-11(5-2-10)19(22)23)18-16-17-13-7-6-12(20(24)25)9-14(13)26-16/h1-9H,(H,17,18,21). The average molecular weight is 370 g/mol. The van der Waals surface area contributed by atoms with Crippen LogP contribution < -0.4 is 5.32 Å². The number of nitrogens with zero attached hydrogens (tertiary/aromatic N) is 3. The average Bonchev–Trinajstić information content (AvgIpc) is 3.01. The molecule has 0 bridgehead atoms. The van der Waals surface area contributed by atoms with Gasteiger partial charge in [-0.25, -0.2) is 4.98 Å². The molecule has 0 aliphatic carbocycles. The number of anilines is 1. The fourth-order valence-electron chi connectivity index (χ4n) is 2.11. The number of rotatable bonds is 5. The van der Waals surface area contributed by atoms with Gasteiger partial charge in [0.2, 0.25) is 5.91 Å². The predicted octanol–water partition coefficient (Wildman–Crippen LogP) is 3.76. The van der Waals surface area contributed by atoms with Gasteiger partial charge < -0.3 is 0 Å². The van der Waals surface area contributed by atoms with E-state index in [-0.39, 0.29) is 11.4 Å². The van der Waals surface area contributed by atoms with Gasteiger partial charge in [-0.1, -0.05) is 11.3 Å². The number of hydrogen-bond donors (Lipinski definition) is 1. The van der Waals surface area contributed by atoms with Crippen molar-refractivity contribution in [3.8, 4) is 0 Å². The molecule has 0 spiro atoms. The van der Waals surface area contributed by atoms with Crippen LogP contribution in [0.1, 0.15) is 5.56 Å². The fraction of sp³-hybridized carbons (Fsp3) is 0. The van der Waals surface area contributed by atoms with E-state index in [1.165, 1.54) is 54.6 Å². The summed E-state index contributed by atoms with van der Waals surface area (Å²) < 4.78 is 0.592. The number of nitro benzene ring substituents is 2. The Labute approximate surface area is 149 Å². The lowest BCUT2D eigenvalue weighted by Gasteiger charge is -1.96. The number of fused-ring (bicyclic) bond motifs is 1. The van der Waals surface area contributed by atoms with Crippen molar-refractivity contribution in [3.63, 3.8) is 0 Å². The zero-order valence-electron chi connectivity index (χ0n) is 13.0. The van der Waals surface area contributed by atoms with E-state index < -0.39 is 15.8 Å². The lowest BCUT2D eigenvalue weighted by atomic mass is 10.2. The van der Waals surface area contributed by atoms with Gasteiger partial charge in [0.05, 0.1) is 20.1 Å². The second-order valence-electron chi connectivity index (χ2n) is 5.10. The van der Waals surface area contributed by atoms with E-state index in [1.54, 1.807) is 0 Å². The largest absolute Gasteiger partial charge is 0.298 e. The van der Waals surface area contributed by atoms with Gasteiger partial charge in [0.1, 0.15) is 0 Å². The molecule has 130 valence electrons. The van der Waals surface area contributed by atoms with Crippen molar-refractivity contribution in [2.24, 2.45) is 0 Å². The van der Waals surface area contributed by atoms with Crippen LogP contribution in [0.25, 0.3) is 16.3 Å². The monoisotopic (exact) mass is 370 g/mol. The van der Waals surface area contributed by atoms with Gasteiger partial charge in [-0.3, -0.25) is 30.3 Å². The zero-order chi connectivity index (χ0) is 18.7. The highest BCUT2D eigenvalue weighted by Gasteiger charge is 2.11. The number of nitrogens with one attached hydrogen (secondary N) is 1. The number of amides is 1. The first-order valence-electron chi connectivity index (χ1n) is 7.21. The molecule has 0 radical (unpaired) electrons. The van der Waals surface area contributed by atoms with Crippen LogP contribution in [0.5, 0.6) is 0 Å². The first-order chi connectivity index (χ1) is 12.4. The first kappa shape index (κ1) is 17.2. The van der Waals surface area contributed by atoms with Gasteiger partial charge in [-0.15, -0.1) is 0 Å². The van der Waals surface area contributed by atoms with Crippen molar-refractivity contribution >= 4 is 50.0 Å². The zero-order valence-corrected chi connectivity index (χ0v) is 13.8. The Morgan fingerprint density at radius 1 is 1.04 bits per heavy atom. The van der Waals surface area contributed by atoms with Crippen LogP contribution in [-0.4, -0.2) is 20.7 Å². The van der Waals surface area contributed by atoms with Crippen molar-refractivity contribution in [2.75, 3.05) is 5.32 Å². The number of non-ortho nitro benzene ring substituents is 2. The quantitative estimate of drug-likeness (QED) is 0.413. The van der Waals surface area contributed by atoms with Crippen LogP contribution in [0, 0.1) is 20.2 Å². The summed E-state index contributed by atoms with van der Waals surface area (Å²) in [5.41, 5.74) is 1.10. The lowest BCUT2D eigenvalue weighted by Crippen LogP contribution is -2.07. The SMILES string of the molecule is O=C(C=Cc1ccc([N+](=O)[O-])cc1)Nc1nc2ccc([N+](=O)[O-])cc2s1. The molecule has 2 aromatic carbocycles. The molecule has 1 N–H and O–H groups in total. The molecule has 10 heteroatoms. The highest BCUT2D eigenvalue weighted by atomic mass is 32.1. The third kappa shape index (κ3) is 3.87. The minimum Gasteiger partial charge on any atom is -0.298 e. The van der Waals surface area contributed by atoms with E-state index in [0.717, 1.165) is 11.3 Å². The Kier molecular flexibility index (Phi) is 4.67. The summed E-state index contributed by atoms with van der Waals surface area (Å²) in [5.74, 6) is -0.433. The molecule has 3 rings (SSSR count). The van der Waals surface area contributed by atoms with E-state index in [2.05, 4.69) is 10.3 Å². The second-order valence-corrected chi connectivity index (χ2v) is 6.13. The van der Waals surface area contributed by atoms with Gasteiger partial charge in [0.15, 0.2) is 5.13 Å². The highest BCUT2D eigenvalue weighted by molar-refractivity contribution is 7.22. The molecule has 0 aliphatic heterocycles. The highest BCUT2D eigenvalue weighted by Crippen LogP contribution is 2.29. The lowest BCUT2D eigenvalue weighted by molar-refractivity contribution is -0.385. The molecule has 0 aliphatic rings. The third-order valence-corrected chi connectivity index (χ3v) is 4.28. The molecule has 0 unspecified atom stereocenters. The maximum atomic E-state index is 12.0. The fourth-order valence-corrected chi connectivity index (χ4v) is 3.01. The molecule has 1 aromatic heterocycles. The van der Waals surface area contributed by atoms with Crippen molar-refractivity contribution in [1.29, 1.82) is 0 Å². The summed E-state index contributed by atoms with van der Waals surface area (Å²) in [6.45, 7) is 0. The molecule has 1 amide bonds. The number of aromatic nitrogens is 1. The van der Waals surface area contributed by atoms with E-state index in [1.807, 2.05) is 0 Å². The Bertz CT molecular complexity index is 1040. The third-order valence-electron chi connectivity index (χ3n) is 3.34. The topological polar surface area (TPSA) is 128 Å². The number of hydrogen-bond acceptors (Lipinski definition) is 7. The predicted molar refractivity (Wildman–Crippen MR) is 97.0 cm³/mol. The number of benzene rings is 2. The van der Waals surface area contributed by atoms with Gasteiger partial charge >= 0.3 is 0 Å². The smallest absolute Gasteiger partial charge is 0.270 e. The van der Waals surface area contributed by atoms with Crippen molar-refractivity contribution in [2.45, 2.75) is 0 Å². The van der Waals surface area contributed by atoms with E-state index in [9.17, 15) is 25.0 Å². The summed E-state index contributed by atoms with van der Waals surface area (Å²) in [6, 6.07) is 10.0. The van der Waals surface area contributed by atoms with Crippen molar-refractivity contribution < 1.29 is 14.6 Å². The molecule has 26 heavy (non-hydrogen) atoms. The van der Waals surface area contributed by atoms with Gasteiger partial charge in [0.25, 0.3) is 11.4 Å². The summed E-state index contributed by atoms with van der Waals surface area (Å²) in [5, 5.41) is 24.3. The molecule has 0 saturated carbocycles. The van der Waals surface area contributed by atoms with Crippen LogP contribution in [0.4, 0.5) is 16.5 Å². The molecule has 0 atom stereocenters. The number of thiazole rings is 1. The van der Waals surface area contributed by atoms with Crippen LogP contribution in [0.2, 0.25) is 0 Å². The van der Waals surface area contributed by atoms with Crippen LogP contribution in [0.3, 0.4) is 0 Å². The second kappa shape index (κ2) is 7.07.